The number of nitrogens with zero attached hydrogens (tertiary/aromatic N) is 3. The van der Waals surface area contributed by atoms with Crippen LogP contribution in [0, 0.1) is 11.6 Å². The molecule has 2 aliphatic heterocycles. The van der Waals surface area contributed by atoms with Gasteiger partial charge in [0.25, 0.3) is 0 Å². The number of amides is 1. The van der Waals surface area contributed by atoms with Crippen LogP contribution < -0.4 is 10.1 Å². The van der Waals surface area contributed by atoms with Gasteiger partial charge in [0.15, 0.2) is 0 Å². The number of H-pyrrole nitrogens is 1. The van der Waals surface area contributed by atoms with E-state index in [9.17, 15) is 18.0 Å². The average molecular weight is 648 g/mol. The lowest BCUT2D eigenvalue weighted by molar-refractivity contribution is -0.155. The van der Waals surface area contributed by atoms with Gasteiger partial charge in [-0.15, -0.1) is 0 Å². The zero-order valence-corrected chi connectivity index (χ0v) is 25.6. The number of rotatable bonds is 9. The molecule has 13 heteroatoms. The van der Waals surface area contributed by atoms with Crippen LogP contribution in [0.5, 0.6) is 5.75 Å². The van der Waals surface area contributed by atoms with Crippen LogP contribution in [0.1, 0.15) is 55.3 Å². The molecule has 1 aliphatic carbocycles. The third-order valence-corrected chi connectivity index (χ3v) is 9.41. The summed E-state index contributed by atoms with van der Waals surface area (Å²) in [5.74, 6) is -2.07. The van der Waals surface area contributed by atoms with Crippen molar-refractivity contribution in [2.45, 2.75) is 62.8 Å². The SMILES string of the molecule is C[C@@H]1Cc2c(ccc3[nH]ncc23)[C@@H](c2c(F)cc(OCC3(NC/C=C/C(=O)N4CCOCC4)CCCC3)cc2F)N1CC(F)(F)F. The summed E-state index contributed by atoms with van der Waals surface area (Å²) in [6, 6.07) is 3.46. The molecule has 3 heterocycles. The first-order valence-corrected chi connectivity index (χ1v) is 15.7. The predicted molar refractivity (Wildman–Crippen MR) is 161 cm³/mol. The molecule has 2 N–H and O–H groups in total. The molecule has 1 saturated heterocycles. The number of aromatic amines is 1. The second-order valence-electron chi connectivity index (χ2n) is 12.5. The van der Waals surface area contributed by atoms with Gasteiger partial charge in [0.05, 0.1) is 43.1 Å². The summed E-state index contributed by atoms with van der Waals surface area (Å²) in [5.41, 5.74) is 0.936. The molecule has 3 aliphatic rings. The molecule has 0 spiro atoms. The minimum atomic E-state index is -4.58. The molecule has 2 atom stereocenters. The number of benzene rings is 2. The van der Waals surface area contributed by atoms with Gasteiger partial charge in [-0.3, -0.25) is 14.8 Å². The zero-order valence-electron chi connectivity index (χ0n) is 25.6. The fourth-order valence-corrected chi connectivity index (χ4v) is 7.07. The Hall–Kier alpha value is -3.55. The van der Waals surface area contributed by atoms with Crippen LogP contribution in [0.2, 0.25) is 0 Å². The lowest BCUT2D eigenvalue weighted by Crippen LogP contribution is -2.48. The van der Waals surface area contributed by atoms with E-state index >= 15 is 8.78 Å². The minimum Gasteiger partial charge on any atom is -0.491 e. The Morgan fingerprint density at radius 1 is 1.17 bits per heavy atom. The van der Waals surface area contributed by atoms with E-state index in [-0.39, 0.29) is 24.7 Å². The highest BCUT2D eigenvalue weighted by Crippen LogP contribution is 2.44. The van der Waals surface area contributed by atoms with Crippen molar-refractivity contribution >= 4 is 16.8 Å². The summed E-state index contributed by atoms with van der Waals surface area (Å²) >= 11 is 0. The van der Waals surface area contributed by atoms with Crippen LogP contribution in [0.4, 0.5) is 22.0 Å². The van der Waals surface area contributed by atoms with Crippen molar-refractivity contribution in [2.75, 3.05) is 46.0 Å². The Kier molecular flexibility index (Phi) is 9.36. The van der Waals surface area contributed by atoms with Crippen molar-refractivity contribution in [3.8, 4) is 5.75 Å². The molecule has 2 fully saturated rings. The summed E-state index contributed by atoms with van der Waals surface area (Å²) in [6.07, 6.45) is 4.06. The van der Waals surface area contributed by atoms with Crippen LogP contribution in [0.25, 0.3) is 10.9 Å². The zero-order chi connectivity index (χ0) is 32.5. The number of hydrogen-bond acceptors (Lipinski definition) is 6. The number of morpholine rings is 1. The summed E-state index contributed by atoms with van der Waals surface area (Å²) in [6.45, 7) is 3.03. The number of carbonyl (C=O) groups excluding carboxylic acids is 1. The number of nitrogens with one attached hydrogen (secondary N) is 2. The number of ether oxygens (including phenoxy) is 2. The molecule has 0 radical (unpaired) electrons. The molecule has 1 amide bonds. The van der Waals surface area contributed by atoms with Gasteiger partial charge in [-0.05, 0) is 43.4 Å². The molecule has 1 saturated carbocycles. The fraction of sp³-hybridized carbons (Fsp3) is 0.515. The summed E-state index contributed by atoms with van der Waals surface area (Å²) in [4.78, 5) is 15.3. The molecule has 0 unspecified atom stereocenters. The minimum absolute atomic E-state index is 0.0402. The highest BCUT2D eigenvalue weighted by molar-refractivity contribution is 5.87. The van der Waals surface area contributed by atoms with Gasteiger partial charge >= 0.3 is 6.18 Å². The van der Waals surface area contributed by atoms with E-state index in [1.165, 1.54) is 6.08 Å². The smallest absolute Gasteiger partial charge is 0.401 e. The molecule has 2 aromatic carbocycles. The van der Waals surface area contributed by atoms with E-state index in [1.54, 1.807) is 36.2 Å². The average Bonchev–Trinajstić information content (AvgIpc) is 3.70. The van der Waals surface area contributed by atoms with E-state index in [1.807, 2.05) is 0 Å². The number of halogens is 5. The first kappa shape index (κ1) is 32.4. The van der Waals surface area contributed by atoms with Gasteiger partial charge in [0.1, 0.15) is 24.0 Å². The standard InChI is InChI=1S/C33H38F5N5O3/c1-21-15-24-23(6-7-28-25(24)18-40-41-28)31(43(21)19-33(36,37)38)30-26(34)16-22(17-27(30)35)46-20-32(8-2-3-9-32)39-10-4-5-29(44)42-11-13-45-14-12-42/h4-7,16-18,21,31,39H,2-3,8-15,19-20H2,1H3,(H,40,41)/b5-4+/t21-,31+/m1/s1. The lowest BCUT2D eigenvalue weighted by Gasteiger charge is -2.42. The predicted octanol–water partition coefficient (Wildman–Crippen LogP) is 5.44. The number of hydrogen-bond donors (Lipinski definition) is 2. The second-order valence-corrected chi connectivity index (χ2v) is 12.5. The van der Waals surface area contributed by atoms with Gasteiger partial charge < -0.3 is 19.7 Å². The molecule has 1 aromatic heterocycles. The topological polar surface area (TPSA) is 82.7 Å². The van der Waals surface area contributed by atoms with Gasteiger partial charge in [0.2, 0.25) is 5.91 Å². The first-order chi connectivity index (χ1) is 22.0. The van der Waals surface area contributed by atoms with E-state index in [0.717, 1.165) is 53.7 Å². The van der Waals surface area contributed by atoms with E-state index in [2.05, 4.69) is 15.5 Å². The Bertz CT molecular complexity index is 1560. The fourth-order valence-electron chi connectivity index (χ4n) is 7.07. The molecular formula is C33H38F5N5O3. The quantitative estimate of drug-likeness (QED) is 0.238. The normalized spacial score (nSPS) is 22.1. The molecule has 248 valence electrons. The van der Waals surface area contributed by atoms with Crippen molar-refractivity contribution in [1.29, 1.82) is 0 Å². The van der Waals surface area contributed by atoms with Gasteiger partial charge in [-0.1, -0.05) is 25.0 Å². The van der Waals surface area contributed by atoms with E-state index in [0.29, 0.717) is 43.9 Å². The molecular weight excluding hydrogens is 609 g/mol. The Labute approximate surface area is 263 Å². The van der Waals surface area contributed by atoms with E-state index < -0.39 is 47.5 Å². The third kappa shape index (κ3) is 6.91. The lowest BCUT2D eigenvalue weighted by atomic mass is 9.83. The molecule has 6 rings (SSSR count). The van der Waals surface area contributed by atoms with Crippen molar-refractivity contribution in [3.63, 3.8) is 0 Å². The molecule has 8 nitrogen and oxygen atoms in total. The second kappa shape index (κ2) is 13.3. The number of alkyl halides is 3. The highest BCUT2D eigenvalue weighted by Gasteiger charge is 2.43. The third-order valence-electron chi connectivity index (χ3n) is 9.41. The summed E-state index contributed by atoms with van der Waals surface area (Å²) in [5, 5.41) is 11.1. The largest absolute Gasteiger partial charge is 0.491 e. The summed E-state index contributed by atoms with van der Waals surface area (Å²) < 4.78 is 84.4. The van der Waals surface area contributed by atoms with Gasteiger partial charge in [0, 0.05) is 54.8 Å². The molecule has 3 aromatic rings. The van der Waals surface area contributed by atoms with Crippen LogP contribution in [-0.2, 0) is 16.0 Å². The molecule has 46 heavy (non-hydrogen) atoms. The highest BCUT2D eigenvalue weighted by atomic mass is 19.4. The Balaban J connectivity index is 1.21. The molecule has 0 bridgehead atoms. The number of fused-ring (bicyclic) bond motifs is 3. The monoisotopic (exact) mass is 647 g/mol. The maximum atomic E-state index is 15.9. The Morgan fingerprint density at radius 2 is 1.89 bits per heavy atom. The number of carbonyl (C=O) groups is 1. The first-order valence-electron chi connectivity index (χ1n) is 15.7. The van der Waals surface area contributed by atoms with Crippen LogP contribution in [0.3, 0.4) is 0 Å². The van der Waals surface area contributed by atoms with Gasteiger partial charge in [-0.2, -0.15) is 18.3 Å². The van der Waals surface area contributed by atoms with Crippen molar-refractivity contribution in [2.24, 2.45) is 0 Å². The van der Waals surface area contributed by atoms with E-state index in [4.69, 9.17) is 9.47 Å². The summed E-state index contributed by atoms with van der Waals surface area (Å²) in [7, 11) is 0. The maximum Gasteiger partial charge on any atom is 0.401 e. The van der Waals surface area contributed by atoms with Crippen LogP contribution >= 0.6 is 0 Å². The maximum absolute atomic E-state index is 15.9. The Morgan fingerprint density at radius 3 is 2.59 bits per heavy atom. The van der Waals surface area contributed by atoms with Crippen molar-refractivity contribution in [1.82, 2.24) is 25.3 Å². The number of aromatic nitrogens is 2. The van der Waals surface area contributed by atoms with Gasteiger partial charge in [-0.25, -0.2) is 8.78 Å². The van der Waals surface area contributed by atoms with Crippen molar-refractivity contribution in [3.05, 3.63) is 70.9 Å². The van der Waals surface area contributed by atoms with Crippen molar-refractivity contribution < 1.29 is 36.2 Å². The van der Waals surface area contributed by atoms with Crippen LogP contribution in [-0.4, -0.2) is 89.7 Å². The van der Waals surface area contributed by atoms with Crippen LogP contribution in [0.15, 0.2) is 42.6 Å².